The van der Waals surface area contributed by atoms with E-state index in [-0.39, 0.29) is 5.69 Å². The van der Waals surface area contributed by atoms with Crippen molar-refractivity contribution in [1.82, 2.24) is 5.32 Å². The van der Waals surface area contributed by atoms with E-state index < -0.39 is 34.1 Å². The number of nitrogens with one attached hydrogen (secondary N) is 2. The first-order chi connectivity index (χ1) is 9.40. The summed E-state index contributed by atoms with van der Waals surface area (Å²) in [6.07, 6.45) is -4.65. The van der Waals surface area contributed by atoms with Gasteiger partial charge in [-0.1, -0.05) is 11.6 Å². The summed E-state index contributed by atoms with van der Waals surface area (Å²) in [5.74, 6) is -1.99. The topological polar surface area (TPSA) is 58.2 Å². The van der Waals surface area contributed by atoms with Gasteiger partial charge in [0.25, 0.3) is 0 Å². The Morgan fingerprint density at radius 1 is 1.10 bits per heavy atom. The summed E-state index contributed by atoms with van der Waals surface area (Å²) in [7, 11) is 0. The fourth-order valence-electron chi connectivity index (χ4n) is 1.41. The smallest absolute Gasteiger partial charge is 0.343 e. The third kappa shape index (κ3) is 5.26. The quantitative estimate of drug-likeness (QED) is 0.780. The summed E-state index contributed by atoms with van der Waals surface area (Å²) < 4.78 is 38.0. The minimum absolute atomic E-state index is 0.166. The van der Waals surface area contributed by atoms with Gasteiger partial charge in [0.05, 0.1) is 10.6 Å². The van der Waals surface area contributed by atoms with Crippen LogP contribution in [0, 0.1) is 0 Å². The zero-order chi connectivity index (χ0) is 16.4. The Balaban J connectivity index is 2.90. The van der Waals surface area contributed by atoms with Crippen molar-refractivity contribution in [1.29, 1.82) is 0 Å². The molecular formula is C13H14ClF3N2O2. The van der Waals surface area contributed by atoms with Crippen LogP contribution in [0.5, 0.6) is 0 Å². The zero-order valence-corrected chi connectivity index (χ0v) is 12.3. The van der Waals surface area contributed by atoms with Crippen molar-refractivity contribution in [3.05, 3.63) is 28.8 Å². The SMILES string of the molecule is CC(C)(C)NC(=O)C(=O)Nc1ccc(Cl)c(C(F)(F)F)c1. The van der Waals surface area contributed by atoms with Gasteiger partial charge in [-0.05, 0) is 39.0 Å². The van der Waals surface area contributed by atoms with Crippen molar-refractivity contribution in [3.8, 4) is 0 Å². The highest BCUT2D eigenvalue weighted by Gasteiger charge is 2.33. The molecule has 0 atom stereocenters. The second-order valence-electron chi connectivity index (χ2n) is 5.35. The zero-order valence-electron chi connectivity index (χ0n) is 11.6. The molecule has 0 radical (unpaired) electrons. The molecule has 2 amide bonds. The van der Waals surface area contributed by atoms with Crippen LogP contribution in [0.4, 0.5) is 18.9 Å². The normalized spacial score (nSPS) is 12.0. The highest BCUT2D eigenvalue weighted by Crippen LogP contribution is 2.36. The second kappa shape index (κ2) is 5.93. The van der Waals surface area contributed by atoms with Crippen LogP contribution >= 0.6 is 11.6 Å². The number of carbonyl (C=O) groups is 2. The lowest BCUT2D eigenvalue weighted by Crippen LogP contribution is -2.46. The summed E-state index contributed by atoms with van der Waals surface area (Å²) in [4.78, 5) is 23.1. The van der Waals surface area contributed by atoms with Gasteiger partial charge in [0.15, 0.2) is 0 Å². The maximum atomic E-state index is 12.7. The van der Waals surface area contributed by atoms with Gasteiger partial charge in [0.2, 0.25) is 0 Å². The van der Waals surface area contributed by atoms with E-state index in [9.17, 15) is 22.8 Å². The molecule has 0 aromatic heterocycles. The van der Waals surface area contributed by atoms with E-state index in [0.29, 0.717) is 6.07 Å². The number of benzene rings is 1. The van der Waals surface area contributed by atoms with Gasteiger partial charge in [-0.2, -0.15) is 13.2 Å². The molecular weight excluding hydrogens is 309 g/mol. The number of carbonyl (C=O) groups excluding carboxylic acids is 2. The lowest BCUT2D eigenvalue weighted by atomic mass is 10.1. The molecule has 0 heterocycles. The van der Waals surface area contributed by atoms with Crippen LogP contribution in [0.25, 0.3) is 0 Å². The Labute approximate surface area is 124 Å². The van der Waals surface area contributed by atoms with Crippen molar-refractivity contribution in [3.63, 3.8) is 0 Å². The highest BCUT2D eigenvalue weighted by molar-refractivity contribution is 6.39. The third-order valence-corrected chi connectivity index (χ3v) is 2.55. The van der Waals surface area contributed by atoms with Gasteiger partial charge < -0.3 is 10.6 Å². The second-order valence-corrected chi connectivity index (χ2v) is 5.76. The van der Waals surface area contributed by atoms with E-state index in [1.165, 1.54) is 6.07 Å². The van der Waals surface area contributed by atoms with Crippen LogP contribution in [-0.4, -0.2) is 17.4 Å². The number of hydrogen-bond donors (Lipinski definition) is 2. The molecule has 1 aromatic carbocycles. The summed E-state index contributed by atoms with van der Waals surface area (Å²) in [5.41, 5.74) is -1.88. The van der Waals surface area contributed by atoms with Crippen molar-refractivity contribution >= 4 is 29.1 Å². The first-order valence-electron chi connectivity index (χ1n) is 5.90. The first-order valence-corrected chi connectivity index (χ1v) is 6.28. The summed E-state index contributed by atoms with van der Waals surface area (Å²) >= 11 is 5.46. The van der Waals surface area contributed by atoms with Crippen molar-refractivity contribution in [2.24, 2.45) is 0 Å². The lowest BCUT2D eigenvalue weighted by molar-refractivity contribution is -0.137. The van der Waals surface area contributed by atoms with Crippen molar-refractivity contribution in [2.45, 2.75) is 32.5 Å². The number of hydrogen-bond acceptors (Lipinski definition) is 2. The standard InChI is InChI=1S/C13H14ClF3N2O2/c1-12(2,3)19-11(21)10(20)18-7-4-5-9(14)8(6-7)13(15,16)17/h4-6H,1-3H3,(H,18,20)(H,19,21). The van der Waals surface area contributed by atoms with Gasteiger partial charge in [0.1, 0.15) is 0 Å². The molecule has 0 aliphatic carbocycles. The van der Waals surface area contributed by atoms with E-state index in [1.54, 1.807) is 20.8 Å². The van der Waals surface area contributed by atoms with Crippen LogP contribution in [-0.2, 0) is 15.8 Å². The Hall–Kier alpha value is -1.76. The molecule has 0 aliphatic rings. The summed E-state index contributed by atoms with van der Waals surface area (Å²) in [6.45, 7) is 5.01. The average molecular weight is 323 g/mol. The van der Waals surface area contributed by atoms with Crippen LogP contribution in [0.2, 0.25) is 5.02 Å². The highest BCUT2D eigenvalue weighted by atomic mass is 35.5. The monoisotopic (exact) mass is 322 g/mol. The van der Waals surface area contributed by atoms with Crippen LogP contribution in [0.3, 0.4) is 0 Å². The Morgan fingerprint density at radius 2 is 1.67 bits per heavy atom. The molecule has 0 aliphatic heterocycles. The van der Waals surface area contributed by atoms with Crippen LogP contribution in [0.15, 0.2) is 18.2 Å². The molecule has 116 valence electrons. The molecule has 0 saturated carbocycles. The number of alkyl halides is 3. The molecule has 0 unspecified atom stereocenters. The molecule has 2 N–H and O–H groups in total. The Bertz CT molecular complexity index is 566. The van der Waals surface area contributed by atoms with Gasteiger partial charge >= 0.3 is 18.0 Å². The van der Waals surface area contributed by atoms with E-state index in [2.05, 4.69) is 10.6 Å². The maximum absolute atomic E-state index is 12.7. The average Bonchev–Trinajstić information content (AvgIpc) is 2.27. The Morgan fingerprint density at radius 3 is 2.14 bits per heavy atom. The number of halogens is 4. The van der Waals surface area contributed by atoms with Crippen molar-refractivity contribution in [2.75, 3.05) is 5.32 Å². The summed E-state index contributed by atoms with van der Waals surface area (Å²) in [5, 5.41) is 4.00. The minimum atomic E-state index is -4.65. The molecule has 0 spiro atoms. The van der Waals surface area contributed by atoms with Crippen LogP contribution in [0.1, 0.15) is 26.3 Å². The first kappa shape index (κ1) is 17.3. The third-order valence-electron chi connectivity index (χ3n) is 2.22. The minimum Gasteiger partial charge on any atom is -0.343 e. The molecule has 0 bridgehead atoms. The van der Waals surface area contributed by atoms with Crippen molar-refractivity contribution < 1.29 is 22.8 Å². The van der Waals surface area contributed by atoms with Gasteiger partial charge in [-0.15, -0.1) is 0 Å². The fourth-order valence-corrected chi connectivity index (χ4v) is 1.63. The molecule has 0 fully saturated rings. The molecule has 4 nitrogen and oxygen atoms in total. The molecule has 1 aromatic rings. The predicted octanol–water partition coefficient (Wildman–Crippen LogP) is 3.21. The fraction of sp³-hybridized carbons (Fsp3) is 0.385. The number of anilines is 1. The largest absolute Gasteiger partial charge is 0.417 e. The van der Waals surface area contributed by atoms with Gasteiger partial charge in [0, 0.05) is 11.2 Å². The van der Waals surface area contributed by atoms with E-state index in [1.807, 2.05) is 0 Å². The molecule has 21 heavy (non-hydrogen) atoms. The van der Waals surface area contributed by atoms with E-state index >= 15 is 0 Å². The van der Waals surface area contributed by atoms with Crippen LogP contribution < -0.4 is 10.6 Å². The van der Waals surface area contributed by atoms with E-state index in [4.69, 9.17) is 11.6 Å². The Kier molecular flexibility index (Phi) is 4.88. The van der Waals surface area contributed by atoms with E-state index in [0.717, 1.165) is 6.07 Å². The molecule has 1 rings (SSSR count). The number of amides is 2. The summed E-state index contributed by atoms with van der Waals surface area (Å²) in [6, 6.07) is 2.85. The lowest BCUT2D eigenvalue weighted by Gasteiger charge is -2.20. The molecule has 8 heteroatoms. The molecule has 0 saturated heterocycles. The predicted molar refractivity (Wildman–Crippen MR) is 73.0 cm³/mol. The number of rotatable bonds is 1. The maximum Gasteiger partial charge on any atom is 0.417 e. The van der Waals surface area contributed by atoms with Gasteiger partial charge in [-0.25, -0.2) is 0 Å². The van der Waals surface area contributed by atoms with Gasteiger partial charge in [-0.3, -0.25) is 9.59 Å².